The minimum absolute atomic E-state index is 0.127. The molecule has 3 heterocycles. The smallest absolute Gasteiger partial charge is 0.251 e. The first kappa shape index (κ1) is 21.1. The number of hydrogen-bond acceptors (Lipinski definition) is 4. The van der Waals surface area contributed by atoms with E-state index < -0.39 is 0 Å². The summed E-state index contributed by atoms with van der Waals surface area (Å²) in [6.45, 7) is 5.29. The van der Waals surface area contributed by atoms with Crippen LogP contribution in [0.5, 0.6) is 0 Å². The van der Waals surface area contributed by atoms with Crippen molar-refractivity contribution in [2.75, 3.05) is 12.4 Å². The van der Waals surface area contributed by atoms with Crippen LogP contribution in [0.3, 0.4) is 0 Å². The van der Waals surface area contributed by atoms with Gasteiger partial charge in [0, 0.05) is 42.2 Å². The summed E-state index contributed by atoms with van der Waals surface area (Å²) in [5, 5.41) is 10.4. The highest BCUT2D eigenvalue weighted by Gasteiger charge is 2.32. The molecule has 0 fully saturated rings. The quantitative estimate of drug-likeness (QED) is 0.636. The van der Waals surface area contributed by atoms with Crippen LogP contribution in [0, 0.1) is 5.41 Å². The third kappa shape index (κ3) is 4.46. The number of nitrogens with zero attached hydrogens (tertiary/aromatic N) is 3. The Hall–Kier alpha value is -3.19. The lowest BCUT2D eigenvalue weighted by molar-refractivity contribution is -0.115. The zero-order valence-electron chi connectivity index (χ0n) is 17.7. The van der Waals surface area contributed by atoms with Gasteiger partial charge in [-0.1, -0.05) is 37.6 Å². The number of amides is 2. The molecule has 2 amide bonds. The highest BCUT2D eigenvalue weighted by Crippen LogP contribution is 2.39. The molecule has 1 aromatic carbocycles. The van der Waals surface area contributed by atoms with Crippen LogP contribution in [0.2, 0.25) is 5.02 Å². The number of hydrogen-bond donors (Lipinski definition) is 2. The molecular formula is C23H24ClN5O2. The summed E-state index contributed by atoms with van der Waals surface area (Å²) in [5.41, 5.74) is 4.31. The third-order valence-corrected chi connectivity index (χ3v) is 5.67. The predicted molar refractivity (Wildman–Crippen MR) is 120 cm³/mol. The molecule has 0 radical (unpaired) electrons. The Labute approximate surface area is 185 Å². The molecule has 0 saturated heterocycles. The van der Waals surface area contributed by atoms with Gasteiger partial charge in [0.25, 0.3) is 5.91 Å². The Balaban J connectivity index is 1.52. The molecular weight excluding hydrogens is 414 g/mol. The van der Waals surface area contributed by atoms with Gasteiger partial charge in [-0.25, -0.2) is 4.98 Å². The number of nitrogens with one attached hydrogen (secondary N) is 2. The molecule has 2 N–H and O–H groups in total. The van der Waals surface area contributed by atoms with Crippen molar-refractivity contribution in [3.05, 3.63) is 64.6 Å². The number of fused-ring (bicyclic) bond motifs is 1. The number of halogens is 1. The number of anilines is 1. The molecule has 4 rings (SSSR count). The third-order valence-electron chi connectivity index (χ3n) is 5.37. The second-order valence-corrected chi connectivity index (χ2v) is 8.96. The molecule has 0 spiro atoms. The van der Waals surface area contributed by atoms with Gasteiger partial charge < -0.3 is 10.6 Å². The Morgan fingerprint density at radius 3 is 2.77 bits per heavy atom. The van der Waals surface area contributed by atoms with Crippen LogP contribution in [0.15, 0.2) is 42.7 Å². The fourth-order valence-corrected chi connectivity index (χ4v) is 4.13. The largest absolute Gasteiger partial charge is 0.355 e. The van der Waals surface area contributed by atoms with E-state index >= 15 is 0 Å². The summed E-state index contributed by atoms with van der Waals surface area (Å²) >= 11 is 6.44. The van der Waals surface area contributed by atoms with Crippen LogP contribution >= 0.6 is 11.6 Å². The Morgan fingerprint density at radius 2 is 2.00 bits per heavy atom. The molecule has 0 aliphatic carbocycles. The summed E-state index contributed by atoms with van der Waals surface area (Å²) in [4.78, 5) is 28.6. The van der Waals surface area contributed by atoms with Gasteiger partial charge in [0.05, 0.1) is 17.6 Å². The summed E-state index contributed by atoms with van der Waals surface area (Å²) < 4.78 is 2.02. The summed E-state index contributed by atoms with van der Waals surface area (Å²) in [7, 11) is 1.57. The van der Waals surface area contributed by atoms with E-state index in [1.165, 1.54) is 0 Å². The zero-order chi connectivity index (χ0) is 22.2. The van der Waals surface area contributed by atoms with E-state index in [0.717, 1.165) is 35.3 Å². The van der Waals surface area contributed by atoms with Crippen molar-refractivity contribution in [3.8, 4) is 11.1 Å². The van der Waals surface area contributed by atoms with Crippen LogP contribution in [-0.2, 0) is 24.2 Å². The van der Waals surface area contributed by atoms with Crippen LogP contribution < -0.4 is 10.6 Å². The first-order chi connectivity index (χ1) is 14.8. The van der Waals surface area contributed by atoms with Gasteiger partial charge in [-0.3, -0.25) is 14.3 Å². The Bertz CT molecular complexity index is 1170. The second kappa shape index (κ2) is 8.15. The topological polar surface area (TPSA) is 88.9 Å². The molecule has 1 aliphatic heterocycles. The molecule has 0 saturated carbocycles. The zero-order valence-corrected chi connectivity index (χ0v) is 18.5. The number of pyridine rings is 1. The number of carbonyl (C=O) groups is 2. The van der Waals surface area contributed by atoms with Crippen molar-refractivity contribution in [1.82, 2.24) is 20.1 Å². The maximum Gasteiger partial charge on any atom is 0.251 e. The van der Waals surface area contributed by atoms with E-state index in [9.17, 15) is 9.59 Å². The summed E-state index contributed by atoms with van der Waals surface area (Å²) in [6, 6.07) is 8.76. The monoisotopic (exact) mass is 437 g/mol. The number of rotatable bonds is 5. The molecule has 8 heteroatoms. The lowest BCUT2D eigenvalue weighted by atomic mass is 9.89. The standard InChI is InChI=1S/C23H24ClN5O2/c1-23(2)10-19-17(11-27-29(19)13-23)16-9-20(26-12-18(16)24)28-21(30)8-14-5-4-6-15(7-14)22(31)25-3/h4-7,9,11-12H,8,10,13H2,1-3H3,(H,25,31)(H,26,28,30). The fraction of sp³-hybridized carbons (Fsp3) is 0.304. The van der Waals surface area contributed by atoms with E-state index in [1.807, 2.05) is 16.9 Å². The highest BCUT2D eigenvalue weighted by atomic mass is 35.5. The fourth-order valence-electron chi connectivity index (χ4n) is 3.93. The maximum absolute atomic E-state index is 12.6. The van der Waals surface area contributed by atoms with Gasteiger partial charge in [0.1, 0.15) is 5.82 Å². The molecule has 7 nitrogen and oxygen atoms in total. The summed E-state index contributed by atoms with van der Waals surface area (Å²) in [5.74, 6) is 0.00316. The van der Waals surface area contributed by atoms with E-state index in [1.54, 1.807) is 37.5 Å². The van der Waals surface area contributed by atoms with Crippen LogP contribution in [0.25, 0.3) is 11.1 Å². The first-order valence-corrected chi connectivity index (χ1v) is 10.4. The first-order valence-electron chi connectivity index (χ1n) is 10.1. The van der Waals surface area contributed by atoms with Gasteiger partial charge in [0.2, 0.25) is 5.91 Å². The predicted octanol–water partition coefficient (Wildman–Crippen LogP) is 3.72. The minimum Gasteiger partial charge on any atom is -0.355 e. The van der Waals surface area contributed by atoms with Crippen molar-refractivity contribution in [3.63, 3.8) is 0 Å². The molecule has 31 heavy (non-hydrogen) atoms. The lowest BCUT2D eigenvalue weighted by Gasteiger charge is -2.14. The van der Waals surface area contributed by atoms with E-state index in [-0.39, 0.29) is 23.7 Å². The average molecular weight is 438 g/mol. The molecule has 3 aromatic rings. The second-order valence-electron chi connectivity index (χ2n) is 8.56. The number of aromatic nitrogens is 3. The van der Waals surface area contributed by atoms with Crippen molar-refractivity contribution in [1.29, 1.82) is 0 Å². The normalized spacial score (nSPS) is 14.2. The van der Waals surface area contributed by atoms with Gasteiger partial charge in [-0.05, 0) is 35.6 Å². The lowest BCUT2D eigenvalue weighted by Crippen LogP contribution is -2.19. The van der Waals surface area contributed by atoms with Crippen LogP contribution in [0.4, 0.5) is 5.82 Å². The maximum atomic E-state index is 12.6. The summed E-state index contributed by atoms with van der Waals surface area (Å²) in [6.07, 6.45) is 4.40. The molecule has 160 valence electrons. The highest BCUT2D eigenvalue weighted by molar-refractivity contribution is 6.33. The van der Waals surface area contributed by atoms with Gasteiger partial charge in [-0.15, -0.1) is 0 Å². The van der Waals surface area contributed by atoms with Gasteiger partial charge >= 0.3 is 0 Å². The molecule has 0 bridgehead atoms. The van der Waals surface area contributed by atoms with Crippen LogP contribution in [-0.4, -0.2) is 33.6 Å². The molecule has 1 aliphatic rings. The van der Waals surface area contributed by atoms with Gasteiger partial charge in [-0.2, -0.15) is 5.10 Å². The SMILES string of the molecule is CNC(=O)c1cccc(CC(=O)Nc2cc(-c3cnn4c3CC(C)(C)C4)c(Cl)cn2)c1. The van der Waals surface area contributed by atoms with E-state index in [4.69, 9.17) is 11.6 Å². The molecule has 2 aromatic heterocycles. The van der Waals surface area contributed by atoms with E-state index in [2.05, 4.69) is 34.6 Å². The minimum atomic E-state index is -0.226. The Kier molecular flexibility index (Phi) is 5.54. The number of carbonyl (C=O) groups excluding carboxylic acids is 2. The Morgan fingerprint density at radius 1 is 1.19 bits per heavy atom. The molecule has 0 unspecified atom stereocenters. The van der Waals surface area contributed by atoms with Crippen molar-refractivity contribution in [2.24, 2.45) is 5.41 Å². The van der Waals surface area contributed by atoms with Crippen LogP contribution in [0.1, 0.15) is 35.5 Å². The van der Waals surface area contributed by atoms with Crippen molar-refractivity contribution in [2.45, 2.75) is 33.2 Å². The molecule has 0 atom stereocenters. The van der Waals surface area contributed by atoms with Gasteiger partial charge in [0.15, 0.2) is 0 Å². The number of benzene rings is 1. The van der Waals surface area contributed by atoms with Crippen molar-refractivity contribution >= 4 is 29.2 Å². The van der Waals surface area contributed by atoms with Crippen molar-refractivity contribution < 1.29 is 9.59 Å². The average Bonchev–Trinajstić information content (AvgIpc) is 3.24. The van der Waals surface area contributed by atoms with E-state index in [0.29, 0.717) is 16.4 Å².